The number of benzene rings is 1. The highest BCUT2D eigenvalue weighted by atomic mass is 35.5. The fourth-order valence-corrected chi connectivity index (χ4v) is 3.54. The lowest BCUT2D eigenvalue weighted by atomic mass is 10.2. The van der Waals surface area contributed by atoms with Crippen LogP contribution in [-0.4, -0.2) is 35.8 Å². The molecule has 0 unspecified atom stereocenters. The fraction of sp³-hybridized carbons (Fsp3) is 0.368. The molecule has 6 nitrogen and oxygen atoms in total. The van der Waals surface area contributed by atoms with Gasteiger partial charge in [-0.15, -0.1) is 0 Å². The number of likely N-dealkylation sites (tertiary alicyclic amines) is 1. The molecule has 2 atom stereocenters. The Bertz CT molecular complexity index is 811. The zero-order valence-corrected chi connectivity index (χ0v) is 16.4. The van der Waals surface area contributed by atoms with Gasteiger partial charge < -0.3 is 15.1 Å². The molecule has 0 saturated carbocycles. The minimum Gasteiger partial charge on any atom is -0.467 e. The van der Waals surface area contributed by atoms with Crippen molar-refractivity contribution in [1.82, 2.24) is 10.2 Å². The highest BCUT2D eigenvalue weighted by Crippen LogP contribution is 2.27. The van der Waals surface area contributed by atoms with E-state index in [1.165, 1.54) is 0 Å². The molecule has 1 aliphatic rings. The Hall–Kier alpha value is -2.02. The van der Waals surface area contributed by atoms with Gasteiger partial charge in [0.25, 0.3) is 0 Å². The summed E-state index contributed by atoms with van der Waals surface area (Å²) in [7, 11) is 0. The predicted octanol–water partition coefficient (Wildman–Crippen LogP) is 3.87. The second-order valence-corrected chi connectivity index (χ2v) is 7.39. The highest BCUT2D eigenvalue weighted by Gasteiger charge is 2.32. The van der Waals surface area contributed by atoms with Gasteiger partial charge in [0.15, 0.2) is 0 Å². The third-order valence-corrected chi connectivity index (χ3v) is 5.11. The normalized spacial score (nSPS) is 18.3. The van der Waals surface area contributed by atoms with Crippen molar-refractivity contribution in [3.63, 3.8) is 0 Å². The molecule has 27 heavy (non-hydrogen) atoms. The van der Waals surface area contributed by atoms with Crippen molar-refractivity contribution >= 4 is 40.7 Å². The Balaban J connectivity index is 1.58. The van der Waals surface area contributed by atoms with E-state index in [2.05, 4.69) is 10.6 Å². The summed E-state index contributed by atoms with van der Waals surface area (Å²) in [5.41, 5.74) is 0.469. The van der Waals surface area contributed by atoms with Gasteiger partial charge in [-0.05, 0) is 56.6 Å². The first-order valence-electron chi connectivity index (χ1n) is 8.77. The zero-order chi connectivity index (χ0) is 19.4. The summed E-state index contributed by atoms with van der Waals surface area (Å²) in [6, 6.07) is 7.88. The van der Waals surface area contributed by atoms with Crippen LogP contribution < -0.4 is 10.6 Å². The number of hydrogen-bond donors (Lipinski definition) is 2. The molecule has 2 aromatic rings. The average Bonchev–Trinajstić information content (AvgIpc) is 3.29. The third-order valence-electron chi connectivity index (χ3n) is 4.55. The number of hydrogen-bond acceptors (Lipinski definition) is 4. The Morgan fingerprint density at radius 1 is 1.33 bits per heavy atom. The van der Waals surface area contributed by atoms with E-state index in [9.17, 15) is 9.59 Å². The molecule has 144 valence electrons. The van der Waals surface area contributed by atoms with E-state index in [0.717, 1.165) is 6.42 Å². The number of furan rings is 1. The van der Waals surface area contributed by atoms with E-state index in [0.29, 0.717) is 34.5 Å². The van der Waals surface area contributed by atoms with Crippen molar-refractivity contribution in [3.05, 3.63) is 52.4 Å². The van der Waals surface area contributed by atoms with Crippen LogP contribution in [0.25, 0.3) is 0 Å². The molecule has 0 radical (unpaired) electrons. The lowest BCUT2D eigenvalue weighted by Crippen LogP contribution is -2.45. The van der Waals surface area contributed by atoms with Crippen LogP contribution >= 0.6 is 23.2 Å². The first-order valence-corrected chi connectivity index (χ1v) is 9.52. The number of amides is 2. The van der Waals surface area contributed by atoms with Crippen LogP contribution in [0.4, 0.5) is 5.69 Å². The number of carbonyl (C=O) groups is 2. The Morgan fingerprint density at radius 2 is 2.15 bits per heavy atom. The fourth-order valence-electron chi connectivity index (χ4n) is 3.20. The maximum atomic E-state index is 12.7. The van der Waals surface area contributed by atoms with Crippen molar-refractivity contribution in [2.24, 2.45) is 0 Å². The number of halogens is 2. The number of nitrogens with zero attached hydrogens (tertiary/aromatic N) is 1. The van der Waals surface area contributed by atoms with E-state index in [4.69, 9.17) is 27.6 Å². The van der Waals surface area contributed by atoms with Gasteiger partial charge in [-0.1, -0.05) is 23.2 Å². The number of rotatable bonds is 6. The van der Waals surface area contributed by atoms with Crippen molar-refractivity contribution < 1.29 is 14.0 Å². The summed E-state index contributed by atoms with van der Waals surface area (Å²) in [6.07, 6.45) is 3.10. The maximum absolute atomic E-state index is 12.7. The minimum absolute atomic E-state index is 0.145. The van der Waals surface area contributed by atoms with Gasteiger partial charge >= 0.3 is 0 Å². The van der Waals surface area contributed by atoms with Crippen molar-refractivity contribution in [1.29, 1.82) is 0 Å². The predicted molar refractivity (Wildman–Crippen MR) is 105 cm³/mol. The highest BCUT2D eigenvalue weighted by molar-refractivity contribution is 6.35. The van der Waals surface area contributed by atoms with E-state index < -0.39 is 0 Å². The van der Waals surface area contributed by atoms with E-state index >= 15 is 0 Å². The molecular weight excluding hydrogens is 389 g/mol. The van der Waals surface area contributed by atoms with Crippen molar-refractivity contribution in [3.8, 4) is 0 Å². The van der Waals surface area contributed by atoms with Crippen LogP contribution in [0.2, 0.25) is 10.0 Å². The van der Waals surface area contributed by atoms with Gasteiger partial charge in [0, 0.05) is 5.02 Å². The van der Waals surface area contributed by atoms with Crippen molar-refractivity contribution in [2.45, 2.75) is 31.8 Å². The van der Waals surface area contributed by atoms with Crippen LogP contribution in [-0.2, 0) is 9.59 Å². The standard InChI is InChI=1S/C19H21Cl2N3O3/c1-12(17-5-3-9-27-17)22-18(25)11-24-8-2-4-16(24)19(26)23-15-10-13(20)6-7-14(15)21/h3,5-7,9-10,12,16H,2,4,8,11H2,1H3,(H,22,25)(H,23,26)/t12-,16-/m1/s1. The minimum atomic E-state index is -0.385. The van der Waals surface area contributed by atoms with Crippen LogP contribution in [0, 0.1) is 0 Å². The average molecular weight is 410 g/mol. The first-order chi connectivity index (χ1) is 12.9. The third kappa shape index (κ3) is 5.03. The topological polar surface area (TPSA) is 74.6 Å². The molecule has 0 aliphatic carbocycles. The summed E-state index contributed by atoms with van der Waals surface area (Å²) < 4.78 is 5.30. The van der Waals surface area contributed by atoms with Gasteiger partial charge in [0.1, 0.15) is 5.76 Å². The second-order valence-electron chi connectivity index (χ2n) is 6.55. The molecule has 2 amide bonds. The Labute approximate surface area is 167 Å². The Kier molecular flexibility index (Phi) is 6.42. The molecule has 2 N–H and O–H groups in total. The van der Waals surface area contributed by atoms with Crippen LogP contribution in [0.5, 0.6) is 0 Å². The van der Waals surface area contributed by atoms with E-state index in [1.807, 2.05) is 17.9 Å². The van der Waals surface area contributed by atoms with Crippen LogP contribution in [0.1, 0.15) is 31.6 Å². The summed E-state index contributed by atoms with van der Waals surface area (Å²) in [5, 5.41) is 6.61. The van der Waals surface area contributed by atoms with Crippen molar-refractivity contribution in [2.75, 3.05) is 18.4 Å². The second kappa shape index (κ2) is 8.78. The molecule has 1 aliphatic heterocycles. The molecule has 8 heteroatoms. The molecule has 1 fully saturated rings. The van der Waals surface area contributed by atoms with E-state index in [1.54, 1.807) is 30.5 Å². The number of anilines is 1. The quantitative estimate of drug-likeness (QED) is 0.759. The lowest BCUT2D eigenvalue weighted by Gasteiger charge is -2.24. The summed E-state index contributed by atoms with van der Waals surface area (Å²) in [4.78, 5) is 26.9. The molecule has 3 rings (SSSR count). The molecule has 1 saturated heterocycles. The van der Waals surface area contributed by atoms with Gasteiger partial charge in [0.05, 0.1) is 35.6 Å². The van der Waals surface area contributed by atoms with E-state index in [-0.39, 0.29) is 30.4 Å². The number of carbonyl (C=O) groups excluding carboxylic acids is 2. The van der Waals surface area contributed by atoms with Gasteiger partial charge in [-0.3, -0.25) is 14.5 Å². The maximum Gasteiger partial charge on any atom is 0.241 e. The molecule has 1 aromatic carbocycles. The molecule has 2 heterocycles. The smallest absolute Gasteiger partial charge is 0.241 e. The van der Waals surface area contributed by atoms with Gasteiger partial charge in [-0.25, -0.2) is 0 Å². The lowest BCUT2D eigenvalue weighted by molar-refractivity contribution is -0.125. The van der Waals surface area contributed by atoms with Crippen LogP contribution in [0.15, 0.2) is 41.0 Å². The molecule has 1 aromatic heterocycles. The monoisotopic (exact) mass is 409 g/mol. The molecule has 0 spiro atoms. The van der Waals surface area contributed by atoms with Crippen LogP contribution in [0.3, 0.4) is 0 Å². The molecule has 0 bridgehead atoms. The summed E-state index contributed by atoms with van der Waals surface area (Å²) >= 11 is 12.1. The number of nitrogens with one attached hydrogen (secondary N) is 2. The SMILES string of the molecule is C[C@@H](NC(=O)CN1CCC[C@@H]1C(=O)Nc1cc(Cl)ccc1Cl)c1ccco1. The largest absolute Gasteiger partial charge is 0.467 e. The van der Waals surface area contributed by atoms with Gasteiger partial charge in [0.2, 0.25) is 11.8 Å². The van der Waals surface area contributed by atoms with Gasteiger partial charge in [-0.2, -0.15) is 0 Å². The zero-order valence-electron chi connectivity index (χ0n) is 14.9. The Morgan fingerprint density at radius 3 is 2.89 bits per heavy atom. The first kappa shape index (κ1) is 19.7. The summed E-state index contributed by atoms with van der Waals surface area (Å²) in [5.74, 6) is 0.345. The summed E-state index contributed by atoms with van der Waals surface area (Å²) in [6.45, 7) is 2.68. The molecular formula is C19H21Cl2N3O3.